The number of hydrogen-bond donors (Lipinski definition) is 1. The Bertz CT molecular complexity index is 124. The Morgan fingerprint density at radius 2 is 2.40 bits per heavy atom. The third-order valence-electron chi connectivity index (χ3n) is 2.06. The molecule has 0 unspecified atom stereocenters. The summed E-state index contributed by atoms with van der Waals surface area (Å²) < 4.78 is 0. The van der Waals surface area contributed by atoms with Gasteiger partial charge in [-0.25, -0.2) is 0 Å². The van der Waals surface area contributed by atoms with Crippen LogP contribution in [0.15, 0.2) is 12.7 Å². The highest BCUT2D eigenvalue weighted by molar-refractivity contribution is 4.86. The lowest BCUT2D eigenvalue weighted by atomic mass is 10.0. The maximum atomic E-state index is 9.40. The summed E-state index contributed by atoms with van der Waals surface area (Å²) in [6, 6.07) is 0. The fraction of sp³-hybridized carbons (Fsp3) is 0.750. The molecule has 2 heteroatoms. The van der Waals surface area contributed by atoms with E-state index in [1.807, 2.05) is 13.1 Å². The van der Waals surface area contributed by atoms with Crippen LogP contribution in [0.3, 0.4) is 0 Å². The van der Waals surface area contributed by atoms with Crippen molar-refractivity contribution in [1.29, 1.82) is 0 Å². The van der Waals surface area contributed by atoms with Gasteiger partial charge in [-0.2, -0.15) is 0 Å². The molecule has 0 aliphatic carbocycles. The van der Waals surface area contributed by atoms with Crippen molar-refractivity contribution in [2.75, 3.05) is 20.1 Å². The van der Waals surface area contributed by atoms with Gasteiger partial charge in [-0.3, -0.25) is 0 Å². The van der Waals surface area contributed by atoms with Crippen molar-refractivity contribution >= 4 is 0 Å². The largest absolute Gasteiger partial charge is 0.391 e. The molecule has 1 heterocycles. The summed E-state index contributed by atoms with van der Waals surface area (Å²) in [5.41, 5.74) is 0. The molecule has 0 bridgehead atoms. The Labute approximate surface area is 62.2 Å². The first-order valence-corrected chi connectivity index (χ1v) is 3.71. The van der Waals surface area contributed by atoms with Crippen molar-refractivity contribution in [1.82, 2.24) is 4.90 Å². The van der Waals surface area contributed by atoms with E-state index in [4.69, 9.17) is 0 Å². The number of aliphatic hydroxyl groups is 1. The van der Waals surface area contributed by atoms with Crippen LogP contribution in [0.5, 0.6) is 0 Å². The molecule has 0 radical (unpaired) electrons. The van der Waals surface area contributed by atoms with E-state index in [1.165, 1.54) is 0 Å². The Kier molecular flexibility index (Phi) is 2.46. The van der Waals surface area contributed by atoms with Gasteiger partial charge in [-0.05, 0) is 13.5 Å². The number of likely N-dealkylation sites (tertiary alicyclic amines) is 1. The second-order valence-electron chi connectivity index (χ2n) is 3.07. The minimum absolute atomic E-state index is 0.136. The first kappa shape index (κ1) is 7.76. The minimum Gasteiger partial charge on any atom is -0.391 e. The summed E-state index contributed by atoms with van der Waals surface area (Å²) in [5, 5.41) is 9.40. The molecule has 2 nitrogen and oxygen atoms in total. The molecule has 0 aromatic carbocycles. The average Bonchev–Trinajstić information content (AvgIpc) is 2.13. The van der Waals surface area contributed by atoms with Gasteiger partial charge in [0.1, 0.15) is 0 Å². The fourth-order valence-electron chi connectivity index (χ4n) is 1.51. The maximum Gasteiger partial charge on any atom is 0.0710 e. The van der Waals surface area contributed by atoms with Gasteiger partial charge in [0.15, 0.2) is 0 Å². The van der Waals surface area contributed by atoms with E-state index in [-0.39, 0.29) is 6.10 Å². The van der Waals surface area contributed by atoms with Gasteiger partial charge < -0.3 is 10.0 Å². The van der Waals surface area contributed by atoms with Gasteiger partial charge in [0.25, 0.3) is 0 Å². The molecule has 58 valence electrons. The molecule has 1 fully saturated rings. The molecular weight excluding hydrogens is 126 g/mol. The van der Waals surface area contributed by atoms with Crippen molar-refractivity contribution in [3.8, 4) is 0 Å². The first-order chi connectivity index (χ1) is 4.74. The van der Waals surface area contributed by atoms with Gasteiger partial charge in [0, 0.05) is 19.0 Å². The monoisotopic (exact) mass is 141 g/mol. The summed E-state index contributed by atoms with van der Waals surface area (Å²) in [6.45, 7) is 5.48. The second kappa shape index (κ2) is 3.17. The van der Waals surface area contributed by atoms with Crippen LogP contribution >= 0.6 is 0 Å². The molecule has 0 spiro atoms. The average molecular weight is 141 g/mol. The zero-order valence-corrected chi connectivity index (χ0v) is 6.45. The number of aliphatic hydroxyl groups excluding tert-OH is 1. The standard InChI is InChI=1S/C8H15NO/c1-3-4-7-5-9(2)6-8(7)10/h3,7-8,10H,1,4-6H2,2H3/t7-,8+/m0/s1. The summed E-state index contributed by atoms with van der Waals surface area (Å²) in [6.07, 6.45) is 2.68. The topological polar surface area (TPSA) is 23.5 Å². The van der Waals surface area contributed by atoms with Gasteiger partial charge in [0.2, 0.25) is 0 Å². The normalized spacial score (nSPS) is 34.6. The summed E-state index contributed by atoms with van der Waals surface area (Å²) in [7, 11) is 2.03. The van der Waals surface area contributed by atoms with Crippen LogP contribution < -0.4 is 0 Å². The zero-order valence-electron chi connectivity index (χ0n) is 6.45. The molecule has 1 rings (SSSR count). The van der Waals surface area contributed by atoms with E-state index < -0.39 is 0 Å². The SMILES string of the molecule is C=CC[C@H]1CN(C)C[C@H]1O. The third kappa shape index (κ3) is 1.58. The van der Waals surface area contributed by atoms with Crippen LogP contribution in [0.25, 0.3) is 0 Å². The lowest BCUT2D eigenvalue weighted by Crippen LogP contribution is -2.17. The number of allylic oxidation sites excluding steroid dienone is 1. The molecular formula is C8H15NO. The Morgan fingerprint density at radius 1 is 1.70 bits per heavy atom. The van der Waals surface area contributed by atoms with Crippen molar-refractivity contribution in [3.63, 3.8) is 0 Å². The smallest absolute Gasteiger partial charge is 0.0710 e. The Hall–Kier alpha value is -0.340. The third-order valence-corrected chi connectivity index (χ3v) is 2.06. The Morgan fingerprint density at radius 3 is 2.80 bits per heavy atom. The van der Waals surface area contributed by atoms with Gasteiger partial charge >= 0.3 is 0 Å². The Balaban J connectivity index is 2.38. The van der Waals surface area contributed by atoms with Crippen LogP contribution in [-0.4, -0.2) is 36.2 Å². The summed E-state index contributed by atoms with van der Waals surface area (Å²) in [5.74, 6) is 0.419. The predicted octanol–water partition coefficient (Wildman–Crippen LogP) is 0.485. The molecule has 1 saturated heterocycles. The van der Waals surface area contributed by atoms with E-state index in [0.29, 0.717) is 5.92 Å². The van der Waals surface area contributed by atoms with E-state index in [9.17, 15) is 5.11 Å². The number of β-amino-alcohol motifs (C(OH)–C–C–N with tert-alkyl or cyclic N) is 1. The van der Waals surface area contributed by atoms with Crippen molar-refractivity contribution in [2.24, 2.45) is 5.92 Å². The number of nitrogens with zero attached hydrogens (tertiary/aromatic N) is 1. The highest BCUT2D eigenvalue weighted by Gasteiger charge is 2.27. The summed E-state index contributed by atoms with van der Waals surface area (Å²) >= 11 is 0. The first-order valence-electron chi connectivity index (χ1n) is 3.71. The molecule has 2 atom stereocenters. The van der Waals surface area contributed by atoms with Crippen LogP contribution in [0, 0.1) is 5.92 Å². The van der Waals surface area contributed by atoms with E-state index in [0.717, 1.165) is 19.5 Å². The van der Waals surface area contributed by atoms with E-state index >= 15 is 0 Å². The fourth-order valence-corrected chi connectivity index (χ4v) is 1.51. The molecule has 0 amide bonds. The lowest BCUT2D eigenvalue weighted by Gasteiger charge is -2.08. The molecule has 1 aliphatic rings. The maximum absolute atomic E-state index is 9.40. The summed E-state index contributed by atoms with van der Waals surface area (Å²) in [4.78, 5) is 2.15. The second-order valence-corrected chi connectivity index (χ2v) is 3.07. The van der Waals surface area contributed by atoms with Crippen molar-refractivity contribution in [2.45, 2.75) is 12.5 Å². The molecule has 10 heavy (non-hydrogen) atoms. The van der Waals surface area contributed by atoms with Crippen molar-refractivity contribution in [3.05, 3.63) is 12.7 Å². The highest BCUT2D eigenvalue weighted by atomic mass is 16.3. The van der Waals surface area contributed by atoms with E-state index in [1.54, 1.807) is 0 Å². The molecule has 0 aromatic heterocycles. The number of likely N-dealkylation sites (N-methyl/N-ethyl adjacent to an activating group) is 1. The minimum atomic E-state index is -0.136. The molecule has 0 saturated carbocycles. The zero-order chi connectivity index (χ0) is 7.56. The number of hydrogen-bond acceptors (Lipinski definition) is 2. The van der Waals surface area contributed by atoms with Crippen LogP contribution in [0.4, 0.5) is 0 Å². The predicted molar refractivity (Wildman–Crippen MR) is 41.8 cm³/mol. The molecule has 0 aromatic rings. The highest BCUT2D eigenvalue weighted by Crippen LogP contribution is 2.18. The van der Waals surface area contributed by atoms with Gasteiger partial charge in [-0.15, -0.1) is 6.58 Å². The van der Waals surface area contributed by atoms with E-state index in [2.05, 4.69) is 11.5 Å². The van der Waals surface area contributed by atoms with Crippen molar-refractivity contribution < 1.29 is 5.11 Å². The van der Waals surface area contributed by atoms with Crippen LogP contribution in [0.2, 0.25) is 0 Å². The lowest BCUT2D eigenvalue weighted by molar-refractivity contribution is 0.144. The van der Waals surface area contributed by atoms with Gasteiger partial charge in [0.05, 0.1) is 6.10 Å². The molecule has 1 aliphatic heterocycles. The quantitative estimate of drug-likeness (QED) is 0.566. The van der Waals surface area contributed by atoms with Crippen LogP contribution in [-0.2, 0) is 0 Å². The number of rotatable bonds is 2. The molecule has 1 N–H and O–H groups in total. The van der Waals surface area contributed by atoms with Gasteiger partial charge in [-0.1, -0.05) is 6.08 Å². The van der Waals surface area contributed by atoms with Crippen LogP contribution in [0.1, 0.15) is 6.42 Å².